The minimum absolute atomic E-state index is 0.0234. The van der Waals surface area contributed by atoms with Crippen LogP contribution >= 0.6 is 0 Å². The second-order valence-corrected chi connectivity index (χ2v) is 7.73. The minimum Gasteiger partial charge on any atom is -0.486 e. The molecule has 3 unspecified atom stereocenters. The highest BCUT2D eigenvalue weighted by Crippen LogP contribution is 2.46. The highest BCUT2D eigenvalue weighted by atomic mass is 19.1. The lowest BCUT2D eigenvalue weighted by molar-refractivity contribution is 0.0276. The molecule has 2 aromatic rings. The summed E-state index contributed by atoms with van der Waals surface area (Å²) in [4.78, 5) is 12.4. The maximum atomic E-state index is 14.5. The van der Waals surface area contributed by atoms with E-state index in [1.165, 1.54) is 0 Å². The van der Waals surface area contributed by atoms with E-state index in [1.807, 2.05) is 18.2 Å². The van der Waals surface area contributed by atoms with E-state index in [0.29, 0.717) is 29.7 Å². The van der Waals surface area contributed by atoms with Gasteiger partial charge in [0.25, 0.3) is 0 Å². The van der Waals surface area contributed by atoms with Crippen molar-refractivity contribution in [2.75, 3.05) is 0 Å². The molecule has 0 saturated heterocycles. The fourth-order valence-electron chi connectivity index (χ4n) is 3.80. The van der Waals surface area contributed by atoms with Gasteiger partial charge in [-0.3, -0.25) is 0 Å². The molecule has 0 spiro atoms. The van der Waals surface area contributed by atoms with Crippen molar-refractivity contribution < 1.29 is 13.5 Å². The molecule has 3 atom stereocenters. The summed E-state index contributed by atoms with van der Waals surface area (Å²) in [6.07, 6.45) is 0.724. The van der Waals surface area contributed by atoms with Gasteiger partial charge in [0.2, 0.25) is 0 Å². The Hall–Kier alpha value is -1.84. The van der Waals surface area contributed by atoms with Crippen LogP contribution in [0.15, 0.2) is 27.4 Å². The van der Waals surface area contributed by atoms with Crippen LogP contribution in [0.2, 0.25) is 0 Å². The fraction of sp³-hybridized carbons (Fsp3) is 0.526. The summed E-state index contributed by atoms with van der Waals surface area (Å²) in [5.41, 5.74) is 1.56. The molecule has 122 valence electrons. The number of hydrogen-bond acceptors (Lipinski definition) is 3. The third-order valence-corrected chi connectivity index (χ3v) is 5.14. The molecule has 4 heteroatoms. The van der Waals surface area contributed by atoms with E-state index >= 15 is 0 Å². The Balaban J connectivity index is 2.01. The SMILES string of the molecule is CC(C)(C)c1ccc2oc(=O)c3c(c2c1)OC1CCCC3C1F. The van der Waals surface area contributed by atoms with Crippen molar-refractivity contribution in [2.45, 2.75) is 63.6 Å². The summed E-state index contributed by atoms with van der Waals surface area (Å²) >= 11 is 0. The third-order valence-electron chi connectivity index (χ3n) is 5.14. The van der Waals surface area contributed by atoms with Gasteiger partial charge in [0, 0.05) is 5.92 Å². The number of fused-ring (bicyclic) bond motifs is 6. The number of alkyl halides is 1. The van der Waals surface area contributed by atoms with Crippen LogP contribution in [0.25, 0.3) is 11.0 Å². The normalized spacial score (nSPS) is 26.7. The van der Waals surface area contributed by atoms with Crippen LogP contribution in [-0.2, 0) is 5.41 Å². The van der Waals surface area contributed by atoms with E-state index in [9.17, 15) is 9.18 Å². The fourth-order valence-corrected chi connectivity index (χ4v) is 3.80. The molecular weight excluding hydrogens is 295 g/mol. The van der Waals surface area contributed by atoms with Crippen molar-refractivity contribution in [1.29, 1.82) is 0 Å². The van der Waals surface area contributed by atoms with Gasteiger partial charge in [-0.25, -0.2) is 9.18 Å². The average molecular weight is 316 g/mol. The minimum atomic E-state index is -1.11. The zero-order valence-electron chi connectivity index (χ0n) is 13.7. The number of rotatable bonds is 0. The van der Waals surface area contributed by atoms with Crippen molar-refractivity contribution in [3.05, 3.63) is 39.7 Å². The van der Waals surface area contributed by atoms with Gasteiger partial charge in [0.05, 0.1) is 10.9 Å². The van der Waals surface area contributed by atoms with Gasteiger partial charge < -0.3 is 9.15 Å². The summed E-state index contributed by atoms with van der Waals surface area (Å²) < 4.78 is 25.9. The predicted molar refractivity (Wildman–Crippen MR) is 87.1 cm³/mol. The molecule has 0 amide bonds. The number of benzene rings is 1. The lowest BCUT2D eigenvalue weighted by Gasteiger charge is -2.38. The molecule has 0 N–H and O–H groups in total. The molecule has 2 aliphatic rings. The molecule has 4 rings (SSSR count). The molecule has 1 aromatic carbocycles. The zero-order chi connectivity index (χ0) is 16.4. The standard InChI is InChI=1S/C19H21FO3/c1-19(2,3)10-7-8-13-12(9-10)17-15(18(21)23-13)11-5-4-6-14(22-17)16(11)20/h7-9,11,14,16H,4-6H2,1-3H3. The Labute approximate surface area is 134 Å². The highest BCUT2D eigenvalue weighted by molar-refractivity contribution is 5.86. The van der Waals surface area contributed by atoms with Crippen molar-refractivity contribution in [3.63, 3.8) is 0 Å². The first kappa shape index (κ1) is 14.7. The quantitative estimate of drug-likeness (QED) is 0.674. The van der Waals surface area contributed by atoms with Crippen molar-refractivity contribution in [2.24, 2.45) is 0 Å². The molecule has 1 aliphatic heterocycles. The van der Waals surface area contributed by atoms with Crippen LogP contribution in [0.1, 0.15) is 57.1 Å². The van der Waals surface area contributed by atoms with E-state index in [1.54, 1.807) is 0 Å². The molecule has 0 radical (unpaired) electrons. The van der Waals surface area contributed by atoms with Gasteiger partial charge in [-0.15, -0.1) is 0 Å². The first-order valence-electron chi connectivity index (χ1n) is 8.28. The van der Waals surface area contributed by atoms with Gasteiger partial charge in [-0.05, 0) is 42.4 Å². The molecule has 1 fully saturated rings. The third kappa shape index (κ3) is 2.19. The molecule has 2 bridgehead atoms. The van der Waals surface area contributed by atoms with Crippen LogP contribution in [0.4, 0.5) is 4.39 Å². The van der Waals surface area contributed by atoms with Crippen LogP contribution in [0.5, 0.6) is 5.75 Å². The molecule has 23 heavy (non-hydrogen) atoms. The van der Waals surface area contributed by atoms with Gasteiger partial charge >= 0.3 is 5.63 Å². The van der Waals surface area contributed by atoms with Crippen molar-refractivity contribution >= 4 is 11.0 Å². The van der Waals surface area contributed by atoms with Crippen molar-refractivity contribution in [1.82, 2.24) is 0 Å². The molecule has 1 aromatic heterocycles. The van der Waals surface area contributed by atoms with E-state index in [2.05, 4.69) is 20.8 Å². The Kier molecular flexibility index (Phi) is 3.09. The van der Waals surface area contributed by atoms with Gasteiger partial charge in [-0.1, -0.05) is 26.8 Å². The Morgan fingerprint density at radius 2 is 2.00 bits per heavy atom. The summed E-state index contributed by atoms with van der Waals surface area (Å²) in [6.45, 7) is 6.40. The summed E-state index contributed by atoms with van der Waals surface area (Å²) in [6, 6.07) is 5.81. The highest BCUT2D eigenvalue weighted by Gasteiger charge is 2.44. The largest absolute Gasteiger partial charge is 0.486 e. The Morgan fingerprint density at radius 3 is 2.74 bits per heavy atom. The zero-order valence-corrected chi connectivity index (χ0v) is 13.7. The summed E-state index contributed by atoms with van der Waals surface area (Å²) in [5, 5.41) is 0.788. The maximum Gasteiger partial charge on any atom is 0.343 e. The van der Waals surface area contributed by atoms with Crippen molar-refractivity contribution in [3.8, 4) is 5.75 Å². The van der Waals surface area contributed by atoms with Crippen LogP contribution < -0.4 is 10.4 Å². The first-order valence-corrected chi connectivity index (χ1v) is 8.28. The summed E-state index contributed by atoms with van der Waals surface area (Å²) in [7, 11) is 0. The molecule has 1 saturated carbocycles. The van der Waals surface area contributed by atoms with E-state index in [-0.39, 0.29) is 5.41 Å². The number of halogens is 1. The van der Waals surface area contributed by atoms with Gasteiger partial charge in [0.1, 0.15) is 23.6 Å². The summed E-state index contributed by atoms with van der Waals surface area (Å²) in [5.74, 6) is 0.155. The van der Waals surface area contributed by atoms with E-state index in [4.69, 9.17) is 9.15 Å². The second kappa shape index (κ2) is 4.83. The van der Waals surface area contributed by atoms with Gasteiger partial charge in [-0.2, -0.15) is 0 Å². The van der Waals surface area contributed by atoms with Crippen LogP contribution in [-0.4, -0.2) is 12.3 Å². The average Bonchev–Trinajstić information content (AvgIpc) is 2.46. The molecule has 2 heterocycles. The van der Waals surface area contributed by atoms with Gasteiger partial charge in [0.15, 0.2) is 0 Å². The van der Waals surface area contributed by atoms with Crippen LogP contribution in [0, 0.1) is 0 Å². The number of ether oxygens (including phenoxy) is 1. The predicted octanol–water partition coefficient (Wildman–Crippen LogP) is 4.46. The second-order valence-electron chi connectivity index (χ2n) is 7.73. The van der Waals surface area contributed by atoms with E-state index in [0.717, 1.165) is 17.4 Å². The topological polar surface area (TPSA) is 39.4 Å². The number of hydrogen-bond donors (Lipinski definition) is 0. The smallest absolute Gasteiger partial charge is 0.343 e. The molecule has 3 nitrogen and oxygen atoms in total. The van der Waals surface area contributed by atoms with Crippen LogP contribution in [0.3, 0.4) is 0 Å². The molecule has 1 aliphatic carbocycles. The molecular formula is C19H21FO3. The monoisotopic (exact) mass is 316 g/mol. The first-order chi connectivity index (χ1) is 10.9. The Bertz CT molecular complexity index is 831. The maximum absolute atomic E-state index is 14.5. The lowest BCUT2D eigenvalue weighted by Crippen LogP contribution is -2.43. The Morgan fingerprint density at radius 1 is 1.22 bits per heavy atom. The van der Waals surface area contributed by atoms with E-state index < -0.39 is 23.8 Å². The lowest BCUT2D eigenvalue weighted by atomic mass is 9.78.